The molecule has 1 aromatic heterocycles. The first kappa shape index (κ1) is 9.87. The van der Waals surface area contributed by atoms with E-state index in [4.69, 9.17) is 0 Å². The molecule has 0 N–H and O–H groups in total. The lowest BCUT2D eigenvalue weighted by Crippen LogP contribution is -1.91. The van der Waals surface area contributed by atoms with Crippen LogP contribution in [0.4, 0.5) is 0 Å². The first-order chi connectivity index (χ1) is 6.59. The number of carbonyl (C=O) groups is 1. The number of hydrogen-bond donors (Lipinski definition) is 0. The van der Waals surface area contributed by atoms with Gasteiger partial charge in [0.05, 0.1) is 0 Å². The highest BCUT2D eigenvalue weighted by atomic mass is 79.9. The molecule has 1 aromatic carbocycles. The van der Waals surface area contributed by atoms with Crippen LogP contribution in [0.2, 0.25) is 0 Å². The smallest absolute Gasteiger partial charge is 0.161 e. The van der Waals surface area contributed by atoms with E-state index in [0.29, 0.717) is 0 Å². The Bertz CT molecular complexity index is 513. The van der Waals surface area contributed by atoms with Crippen molar-refractivity contribution >= 4 is 43.1 Å². The van der Waals surface area contributed by atoms with Gasteiger partial charge in [0.15, 0.2) is 5.78 Å². The van der Waals surface area contributed by atoms with Crippen LogP contribution in [0.3, 0.4) is 0 Å². The number of fused-ring (bicyclic) bond motifs is 1. The minimum absolute atomic E-state index is 0.145. The number of Topliss-reactive ketones (excluding diaryl/α,β-unsaturated/α-hetero) is 1. The topological polar surface area (TPSA) is 17.1 Å². The second kappa shape index (κ2) is 3.48. The molecule has 0 aliphatic rings. The Morgan fingerprint density at radius 3 is 2.79 bits per heavy atom. The van der Waals surface area contributed by atoms with Crippen molar-refractivity contribution in [1.82, 2.24) is 0 Å². The summed E-state index contributed by atoms with van der Waals surface area (Å²) in [5, 5.41) is 1.06. The van der Waals surface area contributed by atoms with Crippen molar-refractivity contribution in [3.8, 4) is 0 Å². The number of ketones is 1. The van der Waals surface area contributed by atoms with Crippen LogP contribution >= 0.6 is 27.3 Å². The molecule has 2 rings (SSSR count). The Labute approximate surface area is 94.9 Å². The van der Waals surface area contributed by atoms with Gasteiger partial charge in [-0.1, -0.05) is 15.9 Å². The number of benzene rings is 1. The van der Waals surface area contributed by atoms with Gasteiger partial charge in [-0.25, -0.2) is 0 Å². The van der Waals surface area contributed by atoms with E-state index in [1.165, 1.54) is 4.70 Å². The summed E-state index contributed by atoms with van der Waals surface area (Å²) >= 11 is 5.09. The van der Waals surface area contributed by atoms with Crippen LogP contribution in [0.1, 0.15) is 22.2 Å². The minimum Gasteiger partial charge on any atom is -0.294 e. The minimum atomic E-state index is 0.145. The Kier molecular flexibility index (Phi) is 2.45. The average molecular weight is 269 g/mol. The van der Waals surface area contributed by atoms with Crippen LogP contribution in [0.5, 0.6) is 0 Å². The summed E-state index contributed by atoms with van der Waals surface area (Å²) in [5.74, 6) is 0.145. The van der Waals surface area contributed by atoms with E-state index in [2.05, 4.69) is 15.9 Å². The molecule has 3 heteroatoms. The van der Waals surface area contributed by atoms with Gasteiger partial charge in [-0.2, -0.15) is 0 Å². The van der Waals surface area contributed by atoms with Crippen LogP contribution in [-0.2, 0) is 0 Å². The van der Waals surface area contributed by atoms with E-state index < -0.39 is 0 Å². The fourth-order valence-electron chi connectivity index (χ4n) is 1.63. The summed E-state index contributed by atoms with van der Waals surface area (Å²) in [6.45, 7) is 3.62. The van der Waals surface area contributed by atoms with Crippen molar-refractivity contribution in [2.45, 2.75) is 13.8 Å². The van der Waals surface area contributed by atoms with Crippen molar-refractivity contribution in [2.24, 2.45) is 0 Å². The molecule has 2 aromatic rings. The number of aryl methyl sites for hydroxylation is 1. The van der Waals surface area contributed by atoms with Crippen molar-refractivity contribution in [3.63, 3.8) is 0 Å². The monoisotopic (exact) mass is 268 g/mol. The summed E-state index contributed by atoms with van der Waals surface area (Å²) < 4.78 is 2.20. The zero-order chi connectivity index (χ0) is 10.3. The predicted molar refractivity (Wildman–Crippen MR) is 64.3 cm³/mol. The van der Waals surface area contributed by atoms with Crippen LogP contribution in [-0.4, -0.2) is 5.78 Å². The molecule has 0 saturated heterocycles. The quantitative estimate of drug-likeness (QED) is 0.710. The predicted octanol–water partition coefficient (Wildman–Crippen LogP) is 4.17. The summed E-state index contributed by atoms with van der Waals surface area (Å²) in [6.07, 6.45) is 0. The van der Waals surface area contributed by atoms with Crippen molar-refractivity contribution < 1.29 is 4.79 Å². The van der Waals surface area contributed by atoms with E-state index in [-0.39, 0.29) is 5.78 Å². The fraction of sp³-hybridized carbons (Fsp3) is 0.182. The highest BCUT2D eigenvalue weighted by molar-refractivity contribution is 9.10. The number of carbonyl (C=O) groups excluding carboxylic acids is 1. The van der Waals surface area contributed by atoms with Gasteiger partial charge >= 0.3 is 0 Å². The van der Waals surface area contributed by atoms with E-state index in [9.17, 15) is 4.79 Å². The summed E-state index contributed by atoms with van der Waals surface area (Å²) in [5.41, 5.74) is 0.867. The second-order valence-corrected chi connectivity index (χ2v) is 5.40. The molecule has 0 aliphatic heterocycles. The highest BCUT2D eigenvalue weighted by Crippen LogP contribution is 2.32. The van der Waals surface area contributed by atoms with Crippen molar-refractivity contribution in [2.75, 3.05) is 0 Å². The van der Waals surface area contributed by atoms with E-state index in [1.54, 1.807) is 18.3 Å². The van der Waals surface area contributed by atoms with Gasteiger partial charge in [-0.3, -0.25) is 4.79 Å². The molecule has 0 radical (unpaired) electrons. The zero-order valence-electron chi connectivity index (χ0n) is 7.93. The maximum Gasteiger partial charge on any atom is 0.161 e. The van der Waals surface area contributed by atoms with Gasteiger partial charge in [0, 0.05) is 25.0 Å². The van der Waals surface area contributed by atoms with Gasteiger partial charge in [-0.05, 0) is 32.0 Å². The molecule has 0 amide bonds. The summed E-state index contributed by atoms with van der Waals surface area (Å²) in [4.78, 5) is 12.5. The average Bonchev–Trinajstić information content (AvgIpc) is 2.40. The van der Waals surface area contributed by atoms with Gasteiger partial charge in [0.2, 0.25) is 0 Å². The molecule has 0 spiro atoms. The van der Waals surface area contributed by atoms with Gasteiger partial charge in [0.25, 0.3) is 0 Å². The van der Waals surface area contributed by atoms with Gasteiger partial charge in [-0.15, -0.1) is 11.3 Å². The molecule has 0 aliphatic carbocycles. The lowest BCUT2D eigenvalue weighted by atomic mass is 10.1. The fourth-order valence-corrected chi connectivity index (χ4v) is 3.08. The van der Waals surface area contributed by atoms with Crippen LogP contribution in [0.15, 0.2) is 22.7 Å². The third kappa shape index (κ3) is 1.51. The van der Waals surface area contributed by atoms with E-state index in [1.807, 2.05) is 25.1 Å². The maximum atomic E-state index is 11.4. The third-order valence-corrected chi connectivity index (χ3v) is 3.76. The van der Waals surface area contributed by atoms with Crippen molar-refractivity contribution in [1.29, 1.82) is 0 Å². The third-order valence-electron chi connectivity index (χ3n) is 2.18. The standard InChI is InChI=1S/C11H9BrOS/c1-6(13)11-7(2)14-10-4-3-8(12)5-9(10)11/h3-5H,1-2H3. The largest absolute Gasteiger partial charge is 0.294 e. The van der Waals surface area contributed by atoms with E-state index in [0.717, 1.165) is 20.3 Å². The Morgan fingerprint density at radius 2 is 2.14 bits per heavy atom. The van der Waals surface area contributed by atoms with Gasteiger partial charge in [0.1, 0.15) is 0 Å². The van der Waals surface area contributed by atoms with Crippen LogP contribution < -0.4 is 0 Å². The Balaban J connectivity index is 2.86. The lowest BCUT2D eigenvalue weighted by molar-refractivity contribution is 0.101. The lowest BCUT2D eigenvalue weighted by Gasteiger charge is -1.95. The van der Waals surface area contributed by atoms with Crippen LogP contribution in [0.25, 0.3) is 10.1 Å². The van der Waals surface area contributed by atoms with E-state index >= 15 is 0 Å². The first-order valence-corrected chi connectivity index (χ1v) is 5.90. The Hall–Kier alpha value is -0.670. The first-order valence-electron chi connectivity index (χ1n) is 4.29. The number of halogens is 1. The summed E-state index contributed by atoms with van der Waals surface area (Å²) in [7, 11) is 0. The number of hydrogen-bond acceptors (Lipinski definition) is 2. The molecule has 72 valence electrons. The highest BCUT2D eigenvalue weighted by Gasteiger charge is 2.12. The Morgan fingerprint density at radius 1 is 1.43 bits per heavy atom. The summed E-state index contributed by atoms with van der Waals surface area (Å²) in [6, 6.07) is 6.06. The molecule has 0 unspecified atom stereocenters. The zero-order valence-corrected chi connectivity index (χ0v) is 10.3. The molecule has 1 nitrogen and oxygen atoms in total. The molecular weight excluding hydrogens is 260 g/mol. The SMILES string of the molecule is CC(=O)c1c(C)sc2ccc(Br)cc12. The van der Waals surface area contributed by atoms with Gasteiger partial charge < -0.3 is 0 Å². The molecular formula is C11H9BrOS. The molecule has 0 atom stereocenters. The van der Waals surface area contributed by atoms with Crippen LogP contribution in [0, 0.1) is 6.92 Å². The normalized spacial score (nSPS) is 10.8. The maximum absolute atomic E-state index is 11.4. The van der Waals surface area contributed by atoms with Crippen molar-refractivity contribution in [3.05, 3.63) is 33.1 Å². The second-order valence-electron chi connectivity index (χ2n) is 3.23. The number of thiophene rings is 1. The number of rotatable bonds is 1. The molecule has 0 saturated carbocycles. The molecule has 1 heterocycles. The molecule has 0 fully saturated rings. The molecule has 14 heavy (non-hydrogen) atoms. The molecule has 0 bridgehead atoms.